The highest BCUT2D eigenvalue weighted by atomic mass is 19.4. The zero-order valence-electron chi connectivity index (χ0n) is 32.4. The Morgan fingerprint density at radius 1 is 0.371 bits per heavy atom. The molecule has 0 aliphatic heterocycles. The highest BCUT2D eigenvalue weighted by molar-refractivity contribution is 6.13. The van der Waals surface area contributed by atoms with Crippen molar-refractivity contribution in [2.24, 2.45) is 0 Å². The minimum absolute atomic E-state index is 0.0136. The second kappa shape index (κ2) is 14.4. The average molecular weight is 805 g/mol. The maximum atomic E-state index is 15.0. The Balaban J connectivity index is 1.39. The van der Waals surface area contributed by atoms with Gasteiger partial charge in [-0.1, -0.05) is 103 Å². The first-order chi connectivity index (χ1) is 30.2. The Bertz CT molecular complexity index is 3690. The Morgan fingerprint density at radius 3 is 1.34 bits per heavy atom. The van der Waals surface area contributed by atoms with Gasteiger partial charge in [-0.25, -0.2) is 0 Å². The predicted octanol–water partition coefficient (Wildman–Crippen LogP) is 13.4. The van der Waals surface area contributed by atoms with Gasteiger partial charge in [-0.3, -0.25) is 0 Å². The molecule has 290 valence electrons. The van der Waals surface area contributed by atoms with E-state index in [2.05, 4.69) is 18.2 Å². The number of benzene rings is 8. The zero-order chi connectivity index (χ0) is 42.7. The van der Waals surface area contributed by atoms with Crippen LogP contribution in [0.3, 0.4) is 0 Å². The van der Waals surface area contributed by atoms with Crippen LogP contribution >= 0.6 is 0 Å². The Hall–Kier alpha value is -8.89. The number of fused-ring (bicyclic) bond motifs is 6. The third-order valence-electron chi connectivity index (χ3n) is 11.5. The molecule has 9 heteroatoms. The Kier molecular flexibility index (Phi) is 8.70. The van der Waals surface area contributed by atoms with Crippen LogP contribution in [0.4, 0.5) is 13.2 Å². The second-order valence-electron chi connectivity index (χ2n) is 14.9. The lowest BCUT2D eigenvalue weighted by molar-refractivity contribution is -0.137. The van der Waals surface area contributed by atoms with Gasteiger partial charge in [-0.05, 0) is 88.5 Å². The summed E-state index contributed by atoms with van der Waals surface area (Å²) in [6.07, 6.45) is -4.85. The van der Waals surface area contributed by atoms with Crippen LogP contribution in [0.5, 0.6) is 0 Å². The monoisotopic (exact) mass is 804 g/mol. The molecule has 10 aromatic rings. The molecule has 0 bridgehead atoms. The number of hydrogen-bond acceptors (Lipinski definition) is 4. The molecule has 0 amide bonds. The van der Waals surface area contributed by atoms with Crippen molar-refractivity contribution in [3.63, 3.8) is 0 Å². The summed E-state index contributed by atoms with van der Waals surface area (Å²) < 4.78 is 49.0. The van der Waals surface area contributed by atoms with Crippen molar-refractivity contribution in [1.82, 2.24) is 9.13 Å². The van der Waals surface area contributed by atoms with Crippen LogP contribution in [0, 0.1) is 45.3 Å². The molecular weight excluding hydrogens is 778 g/mol. The van der Waals surface area contributed by atoms with Crippen molar-refractivity contribution >= 4 is 43.6 Å². The van der Waals surface area contributed by atoms with E-state index in [1.807, 2.05) is 130 Å². The van der Waals surface area contributed by atoms with Gasteiger partial charge < -0.3 is 9.13 Å². The van der Waals surface area contributed by atoms with Crippen molar-refractivity contribution in [2.75, 3.05) is 0 Å². The van der Waals surface area contributed by atoms with Crippen molar-refractivity contribution in [1.29, 1.82) is 21.0 Å². The van der Waals surface area contributed by atoms with Gasteiger partial charge in [0.15, 0.2) is 0 Å². The number of nitrogens with zero attached hydrogens (tertiary/aromatic N) is 6. The molecule has 0 spiro atoms. The average Bonchev–Trinajstić information content (AvgIpc) is 3.82. The lowest BCUT2D eigenvalue weighted by atomic mass is 9.92. The van der Waals surface area contributed by atoms with Crippen LogP contribution in [0.1, 0.15) is 27.8 Å². The van der Waals surface area contributed by atoms with Gasteiger partial charge >= 0.3 is 6.18 Å². The lowest BCUT2D eigenvalue weighted by Crippen LogP contribution is -2.10. The SMILES string of the molecule is N#Cc1ccc(-c2cc(-n3c4ccccc4c4ccc(-c5ccccc5C#N)cc43)c(-n3c4ccccc4c4ccc(-c5ccccc5C#N)cc43)cc2C#N)c(C(F)(F)F)c1. The highest BCUT2D eigenvalue weighted by Gasteiger charge is 2.35. The van der Waals surface area contributed by atoms with Gasteiger partial charge in [-0.2, -0.15) is 34.2 Å². The van der Waals surface area contributed by atoms with Crippen molar-refractivity contribution < 1.29 is 13.2 Å². The van der Waals surface area contributed by atoms with Crippen molar-refractivity contribution in [3.05, 3.63) is 192 Å². The van der Waals surface area contributed by atoms with E-state index in [1.54, 1.807) is 30.3 Å². The molecule has 0 aliphatic rings. The fourth-order valence-corrected chi connectivity index (χ4v) is 8.79. The minimum Gasteiger partial charge on any atom is -0.307 e. The number of alkyl halides is 3. The maximum absolute atomic E-state index is 15.0. The predicted molar refractivity (Wildman–Crippen MR) is 235 cm³/mol. The maximum Gasteiger partial charge on any atom is 0.417 e. The molecule has 62 heavy (non-hydrogen) atoms. The normalized spacial score (nSPS) is 11.4. The van der Waals surface area contributed by atoms with E-state index in [1.165, 1.54) is 12.1 Å². The molecule has 0 atom stereocenters. The fourth-order valence-electron chi connectivity index (χ4n) is 8.79. The largest absolute Gasteiger partial charge is 0.417 e. The molecule has 2 heterocycles. The summed E-state index contributed by atoms with van der Waals surface area (Å²) in [5.41, 5.74) is 6.51. The van der Waals surface area contributed by atoms with E-state index in [0.717, 1.165) is 66.4 Å². The summed E-state index contributed by atoms with van der Waals surface area (Å²) in [6.45, 7) is 0. The van der Waals surface area contributed by atoms with Gasteiger partial charge in [0.05, 0.1) is 85.5 Å². The van der Waals surface area contributed by atoms with E-state index in [4.69, 9.17) is 0 Å². The molecule has 0 aliphatic carbocycles. The first-order valence-corrected chi connectivity index (χ1v) is 19.5. The molecule has 0 N–H and O–H groups in total. The first-order valence-electron chi connectivity index (χ1n) is 19.5. The molecule has 0 radical (unpaired) electrons. The molecule has 2 aromatic heterocycles. The number of hydrogen-bond donors (Lipinski definition) is 0. The van der Waals surface area contributed by atoms with Gasteiger partial charge in [0.2, 0.25) is 0 Å². The smallest absolute Gasteiger partial charge is 0.307 e. The molecule has 0 saturated heterocycles. The van der Waals surface area contributed by atoms with E-state index in [9.17, 15) is 34.2 Å². The van der Waals surface area contributed by atoms with Gasteiger partial charge in [0, 0.05) is 27.1 Å². The van der Waals surface area contributed by atoms with Crippen molar-refractivity contribution in [2.45, 2.75) is 6.18 Å². The zero-order valence-corrected chi connectivity index (χ0v) is 32.4. The van der Waals surface area contributed by atoms with E-state index >= 15 is 0 Å². The third kappa shape index (κ3) is 5.85. The molecule has 0 fully saturated rings. The molecule has 6 nitrogen and oxygen atoms in total. The summed E-state index contributed by atoms with van der Waals surface area (Å²) in [6, 6.07) is 57.4. The number of aromatic nitrogens is 2. The van der Waals surface area contributed by atoms with E-state index < -0.39 is 11.7 Å². The summed E-state index contributed by atoms with van der Waals surface area (Å²) in [5.74, 6) is 0. The summed E-state index contributed by atoms with van der Waals surface area (Å²) in [7, 11) is 0. The summed E-state index contributed by atoms with van der Waals surface area (Å²) in [5, 5.41) is 44.2. The van der Waals surface area contributed by atoms with Crippen LogP contribution < -0.4 is 0 Å². The summed E-state index contributed by atoms with van der Waals surface area (Å²) >= 11 is 0. The van der Waals surface area contributed by atoms with Crippen LogP contribution in [-0.2, 0) is 6.18 Å². The summed E-state index contributed by atoms with van der Waals surface area (Å²) in [4.78, 5) is 0. The van der Waals surface area contributed by atoms with Crippen molar-refractivity contribution in [3.8, 4) is 69.0 Å². The van der Waals surface area contributed by atoms with E-state index in [0.29, 0.717) is 28.0 Å². The van der Waals surface area contributed by atoms with E-state index in [-0.39, 0.29) is 22.3 Å². The van der Waals surface area contributed by atoms with Crippen LogP contribution in [0.25, 0.3) is 88.4 Å². The lowest BCUT2D eigenvalue weighted by Gasteiger charge is -2.21. The molecule has 8 aromatic carbocycles. The van der Waals surface area contributed by atoms with Crippen LogP contribution in [0.2, 0.25) is 0 Å². The number of halogens is 3. The third-order valence-corrected chi connectivity index (χ3v) is 11.5. The number of nitriles is 4. The highest BCUT2D eigenvalue weighted by Crippen LogP contribution is 2.45. The Labute approximate surface area is 352 Å². The first kappa shape index (κ1) is 37.4. The minimum atomic E-state index is -4.85. The molecule has 10 rings (SSSR count). The van der Waals surface area contributed by atoms with Gasteiger partial charge in [0.25, 0.3) is 0 Å². The second-order valence-corrected chi connectivity index (χ2v) is 14.9. The molecule has 0 unspecified atom stereocenters. The fraction of sp³-hybridized carbons (Fsp3) is 0.0189. The molecule has 0 saturated carbocycles. The topological polar surface area (TPSA) is 105 Å². The number of para-hydroxylation sites is 2. The molecular formula is C53H27F3N6. The number of rotatable bonds is 5. The van der Waals surface area contributed by atoms with Crippen LogP contribution in [-0.4, -0.2) is 9.13 Å². The van der Waals surface area contributed by atoms with Crippen LogP contribution in [0.15, 0.2) is 164 Å². The quantitative estimate of drug-likeness (QED) is 0.173. The standard InChI is InChI=1S/C53H27F3N6/c54-53(55,56)46-23-32(28-57)17-20-40(46)45-27-52(62-48-16-8-6-14-42(48)44-22-19-34(25-50(44)62)39-12-4-2-10-36(39)30-59)51(26-37(45)31-60)61-47-15-7-5-13-41(47)43-21-18-33(24-49(43)61)38-11-3-1-9-35(38)29-58/h1-27H. The van der Waals surface area contributed by atoms with Gasteiger partial charge in [0.1, 0.15) is 0 Å². The van der Waals surface area contributed by atoms with Gasteiger partial charge in [-0.15, -0.1) is 0 Å². The Morgan fingerprint density at radius 2 is 0.839 bits per heavy atom.